The Morgan fingerprint density at radius 1 is 1.15 bits per heavy atom. The first kappa shape index (κ1) is 8.11. The van der Waals surface area contributed by atoms with Gasteiger partial charge in [0.15, 0.2) is 0 Å². The fraction of sp³-hybridized carbons (Fsp3) is 0.167. The molecule has 0 saturated heterocycles. The van der Waals surface area contributed by atoms with Gasteiger partial charge in [0.1, 0.15) is 0 Å². The van der Waals surface area contributed by atoms with Crippen molar-refractivity contribution >= 4 is 5.57 Å². The highest BCUT2D eigenvalue weighted by Gasteiger charge is 2.01. The maximum atomic E-state index is 3.27. The van der Waals surface area contributed by atoms with Gasteiger partial charge in [0.2, 0.25) is 0 Å². The van der Waals surface area contributed by atoms with Crippen molar-refractivity contribution in [2.75, 3.05) is 6.54 Å². The molecule has 0 amide bonds. The highest BCUT2D eigenvalue weighted by molar-refractivity contribution is 5.75. The minimum atomic E-state index is 0.937. The lowest BCUT2D eigenvalue weighted by atomic mass is 10.0. The van der Waals surface area contributed by atoms with Crippen LogP contribution in [0.5, 0.6) is 0 Å². The summed E-state index contributed by atoms with van der Waals surface area (Å²) in [6.45, 7) is 3.03. The monoisotopic (exact) mass is 171 g/mol. The molecule has 1 aromatic rings. The first-order chi connectivity index (χ1) is 6.36. The van der Waals surface area contributed by atoms with E-state index in [-0.39, 0.29) is 0 Å². The molecule has 0 aliphatic carbocycles. The van der Waals surface area contributed by atoms with E-state index in [2.05, 4.69) is 48.7 Å². The van der Waals surface area contributed by atoms with Gasteiger partial charge in [-0.1, -0.05) is 36.4 Å². The summed E-state index contributed by atoms with van der Waals surface area (Å²) in [6, 6.07) is 10.5. The Labute approximate surface area is 78.8 Å². The molecule has 0 fully saturated rings. The highest BCUT2D eigenvalue weighted by atomic mass is 14.9. The zero-order valence-electron chi connectivity index (χ0n) is 7.75. The Hall–Kier alpha value is -1.50. The molecule has 1 heteroatoms. The molecule has 0 atom stereocenters. The summed E-state index contributed by atoms with van der Waals surface area (Å²) in [7, 11) is 0. The standard InChI is InChI=1S/C12H13N/c1-10-9-12(7-8-13-10)11-5-3-2-4-6-11/h2-7,9,13H,8H2,1H3. The normalized spacial score (nSPS) is 15.8. The lowest BCUT2D eigenvalue weighted by Crippen LogP contribution is -2.14. The van der Waals surface area contributed by atoms with Crippen LogP contribution in [0, 0.1) is 0 Å². The Morgan fingerprint density at radius 3 is 2.62 bits per heavy atom. The maximum Gasteiger partial charge on any atom is 0.0336 e. The van der Waals surface area contributed by atoms with E-state index >= 15 is 0 Å². The summed E-state index contributed by atoms with van der Waals surface area (Å²) in [4.78, 5) is 0. The van der Waals surface area contributed by atoms with Crippen molar-refractivity contribution in [3.05, 3.63) is 53.7 Å². The van der Waals surface area contributed by atoms with E-state index in [0.29, 0.717) is 0 Å². The van der Waals surface area contributed by atoms with Crippen LogP contribution in [-0.2, 0) is 0 Å². The van der Waals surface area contributed by atoms with Crippen LogP contribution in [0.3, 0.4) is 0 Å². The van der Waals surface area contributed by atoms with Gasteiger partial charge in [0.05, 0.1) is 0 Å². The van der Waals surface area contributed by atoms with E-state index in [4.69, 9.17) is 0 Å². The van der Waals surface area contributed by atoms with Crippen LogP contribution in [0.25, 0.3) is 5.57 Å². The van der Waals surface area contributed by atoms with Crippen LogP contribution < -0.4 is 5.32 Å². The molecule has 1 aromatic carbocycles. The summed E-state index contributed by atoms with van der Waals surface area (Å²) in [6.07, 6.45) is 4.39. The summed E-state index contributed by atoms with van der Waals surface area (Å²) in [5.74, 6) is 0. The summed E-state index contributed by atoms with van der Waals surface area (Å²) in [5.41, 5.74) is 3.85. The van der Waals surface area contributed by atoms with Crippen molar-refractivity contribution in [1.82, 2.24) is 5.32 Å². The molecule has 1 heterocycles. The maximum absolute atomic E-state index is 3.27. The van der Waals surface area contributed by atoms with Crippen LogP contribution in [0.4, 0.5) is 0 Å². The fourth-order valence-electron chi connectivity index (χ4n) is 1.50. The first-order valence-electron chi connectivity index (χ1n) is 4.54. The fourth-order valence-corrected chi connectivity index (χ4v) is 1.50. The van der Waals surface area contributed by atoms with Gasteiger partial charge in [-0.25, -0.2) is 0 Å². The molecule has 0 aromatic heterocycles. The largest absolute Gasteiger partial charge is 0.385 e. The van der Waals surface area contributed by atoms with Crippen molar-refractivity contribution in [2.24, 2.45) is 0 Å². The quantitative estimate of drug-likeness (QED) is 0.684. The Bertz CT molecular complexity index is 347. The number of benzene rings is 1. The van der Waals surface area contributed by atoms with Crippen LogP contribution in [0.2, 0.25) is 0 Å². The summed E-state index contributed by atoms with van der Waals surface area (Å²) >= 11 is 0. The van der Waals surface area contributed by atoms with Crippen LogP contribution in [0.1, 0.15) is 12.5 Å². The molecule has 13 heavy (non-hydrogen) atoms. The van der Waals surface area contributed by atoms with Crippen LogP contribution in [-0.4, -0.2) is 6.54 Å². The first-order valence-corrected chi connectivity index (χ1v) is 4.54. The van der Waals surface area contributed by atoms with Gasteiger partial charge < -0.3 is 5.32 Å². The number of allylic oxidation sites excluding steroid dienone is 3. The average molecular weight is 171 g/mol. The lowest BCUT2D eigenvalue weighted by molar-refractivity contribution is 0.895. The van der Waals surface area contributed by atoms with Crippen molar-refractivity contribution in [1.29, 1.82) is 0 Å². The topological polar surface area (TPSA) is 12.0 Å². The van der Waals surface area contributed by atoms with E-state index < -0.39 is 0 Å². The van der Waals surface area contributed by atoms with Gasteiger partial charge in [0.25, 0.3) is 0 Å². The second-order valence-electron chi connectivity index (χ2n) is 3.23. The molecule has 0 unspecified atom stereocenters. The molecule has 0 bridgehead atoms. The molecule has 2 rings (SSSR count). The molecule has 0 spiro atoms. The predicted molar refractivity (Wildman–Crippen MR) is 56.2 cm³/mol. The van der Waals surface area contributed by atoms with E-state index in [1.165, 1.54) is 16.8 Å². The third-order valence-electron chi connectivity index (χ3n) is 2.18. The smallest absolute Gasteiger partial charge is 0.0336 e. The van der Waals surface area contributed by atoms with E-state index in [9.17, 15) is 0 Å². The van der Waals surface area contributed by atoms with E-state index in [1.54, 1.807) is 0 Å². The highest BCUT2D eigenvalue weighted by Crippen LogP contribution is 2.18. The number of nitrogens with one attached hydrogen (secondary N) is 1. The molecule has 0 radical (unpaired) electrons. The zero-order chi connectivity index (χ0) is 9.10. The molecule has 1 N–H and O–H groups in total. The molecule has 66 valence electrons. The van der Waals surface area contributed by atoms with Gasteiger partial charge >= 0.3 is 0 Å². The minimum Gasteiger partial charge on any atom is -0.385 e. The summed E-state index contributed by atoms with van der Waals surface area (Å²) < 4.78 is 0. The van der Waals surface area contributed by atoms with Gasteiger partial charge in [0, 0.05) is 12.2 Å². The number of hydrogen-bond acceptors (Lipinski definition) is 1. The predicted octanol–water partition coefficient (Wildman–Crippen LogP) is 2.58. The second kappa shape index (κ2) is 3.48. The van der Waals surface area contributed by atoms with E-state index in [1.807, 2.05) is 6.07 Å². The third kappa shape index (κ3) is 1.81. The zero-order valence-corrected chi connectivity index (χ0v) is 7.75. The minimum absolute atomic E-state index is 0.937. The SMILES string of the molecule is CC1=CC(c2ccccc2)=CCN1. The van der Waals surface area contributed by atoms with Crippen molar-refractivity contribution in [2.45, 2.75) is 6.92 Å². The van der Waals surface area contributed by atoms with Crippen molar-refractivity contribution in [3.63, 3.8) is 0 Å². The van der Waals surface area contributed by atoms with Crippen LogP contribution >= 0.6 is 0 Å². The van der Waals surface area contributed by atoms with Crippen molar-refractivity contribution < 1.29 is 0 Å². The molecule has 0 saturated carbocycles. The van der Waals surface area contributed by atoms with Gasteiger partial charge in [-0.2, -0.15) is 0 Å². The summed E-state index contributed by atoms with van der Waals surface area (Å²) in [5, 5.41) is 3.27. The Kier molecular flexibility index (Phi) is 2.17. The second-order valence-corrected chi connectivity index (χ2v) is 3.23. The average Bonchev–Trinajstić information content (AvgIpc) is 2.19. The van der Waals surface area contributed by atoms with Gasteiger partial charge in [-0.15, -0.1) is 0 Å². The Morgan fingerprint density at radius 2 is 1.92 bits per heavy atom. The van der Waals surface area contributed by atoms with Crippen molar-refractivity contribution in [3.8, 4) is 0 Å². The molecular weight excluding hydrogens is 158 g/mol. The number of hydrogen-bond donors (Lipinski definition) is 1. The third-order valence-corrected chi connectivity index (χ3v) is 2.18. The van der Waals surface area contributed by atoms with Crippen LogP contribution in [0.15, 0.2) is 48.2 Å². The molecule has 1 aliphatic rings. The number of rotatable bonds is 1. The molecule has 1 nitrogen and oxygen atoms in total. The van der Waals surface area contributed by atoms with Gasteiger partial charge in [-0.05, 0) is 24.1 Å². The Balaban J connectivity index is 2.33. The lowest BCUT2D eigenvalue weighted by Gasteiger charge is -2.12. The molecular formula is C12H13N. The molecule has 1 aliphatic heterocycles. The van der Waals surface area contributed by atoms with Gasteiger partial charge in [-0.3, -0.25) is 0 Å². The van der Waals surface area contributed by atoms with E-state index in [0.717, 1.165) is 6.54 Å². The number of dihydropyridines is 1.